The molecular formula is C24H19NO4. The van der Waals surface area contributed by atoms with E-state index in [-0.39, 0.29) is 5.70 Å². The Balaban J connectivity index is 1.54. The number of hydrogen-bond acceptors (Lipinski definition) is 5. The van der Waals surface area contributed by atoms with Crippen LogP contribution in [-0.4, -0.2) is 19.0 Å². The lowest BCUT2D eigenvalue weighted by atomic mass is 10.1. The van der Waals surface area contributed by atoms with Crippen LogP contribution in [0.3, 0.4) is 0 Å². The summed E-state index contributed by atoms with van der Waals surface area (Å²) in [6.45, 7) is 0.439. The summed E-state index contributed by atoms with van der Waals surface area (Å²) in [5.41, 5.74) is 2.83. The van der Waals surface area contributed by atoms with E-state index in [0.717, 1.165) is 16.7 Å². The highest BCUT2D eigenvalue weighted by molar-refractivity contribution is 6.12. The number of benzene rings is 3. The van der Waals surface area contributed by atoms with E-state index in [1.807, 2.05) is 72.8 Å². The topological polar surface area (TPSA) is 57.1 Å². The van der Waals surface area contributed by atoms with Gasteiger partial charge in [0.25, 0.3) is 0 Å². The van der Waals surface area contributed by atoms with Crippen LogP contribution in [-0.2, 0) is 16.1 Å². The first-order valence-electron chi connectivity index (χ1n) is 9.16. The average molecular weight is 385 g/mol. The van der Waals surface area contributed by atoms with Crippen LogP contribution in [0.25, 0.3) is 6.08 Å². The minimum atomic E-state index is -0.479. The van der Waals surface area contributed by atoms with Crippen molar-refractivity contribution in [1.29, 1.82) is 0 Å². The Labute approximate surface area is 168 Å². The molecule has 3 aromatic carbocycles. The highest BCUT2D eigenvalue weighted by atomic mass is 16.6. The monoisotopic (exact) mass is 385 g/mol. The quantitative estimate of drug-likeness (QED) is 0.459. The summed E-state index contributed by atoms with van der Waals surface area (Å²) < 4.78 is 16.6. The maximum atomic E-state index is 12.2. The van der Waals surface area contributed by atoms with Gasteiger partial charge >= 0.3 is 5.97 Å². The smallest absolute Gasteiger partial charge is 0.363 e. The maximum Gasteiger partial charge on any atom is 0.363 e. The number of ether oxygens (including phenoxy) is 3. The molecule has 4 rings (SSSR count). The van der Waals surface area contributed by atoms with Crippen LogP contribution in [0.5, 0.6) is 11.5 Å². The van der Waals surface area contributed by atoms with Crippen LogP contribution in [0.1, 0.15) is 16.7 Å². The summed E-state index contributed by atoms with van der Waals surface area (Å²) in [7, 11) is 1.58. The SMILES string of the molecule is COc1cc(/C=C2\N=C(c3ccccc3)OC2=O)ccc1OCc1ccccc1. The molecule has 0 atom stereocenters. The van der Waals surface area contributed by atoms with Gasteiger partial charge < -0.3 is 14.2 Å². The van der Waals surface area contributed by atoms with E-state index in [2.05, 4.69) is 4.99 Å². The first-order valence-corrected chi connectivity index (χ1v) is 9.16. The van der Waals surface area contributed by atoms with Gasteiger partial charge in [-0.05, 0) is 41.5 Å². The molecule has 0 spiro atoms. The molecule has 0 unspecified atom stereocenters. The maximum absolute atomic E-state index is 12.2. The Morgan fingerprint density at radius 3 is 2.38 bits per heavy atom. The molecule has 0 N–H and O–H groups in total. The third-order valence-corrected chi connectivity index (χ3v) is 4.37. The van der Waals surface area contributed by atoms with Crippen LogP contribution < -0.4 is 9.47 Å². The molecule has 1 heterocycles. The fourth-order valence-electron chi connectivity index (χ4n) is 2.90. The number of rotatable bonds is 6. The number of hydrogen-bond donors (Lipinski definition) is 0. The van der Waals surface area contributed by atoms with Gasteiger partial charge in [-0.25, -0.2) is 9.79 Å². The number of carbonyl (C=O) groups excluding carboxylic acids is 1. The van der Waals surface area contributed by atoms with E-state index in [9.17, 15) is 4.79 Å². The number of esters is 1. The van der Waals surface area contributed by atoms with E-state index >= 15 is 0 Å². The van der Waals surface area contributed by atoms with Crippen molar-refractivity contribution in [2.24, 2.45) is 4.99 Å². The molecule has 0 bridgehead atoms. The van der Waals surface area contributed by atoms with E-state index in [4.69, 9.17) is 14.2 Å². The molecule has 3 aromatic rings. The highest BCUT2D eigenvalue weighted by Crippen LogP contribution is 2.30. The summed E-state index contributed by atoms with van der Waals surface area (Å²) in [5, 5.41) is 0. The van der Waals surface area contributed by atoms with Crippen molar-refractivity contribution in [3.05, 3.63) is 101 Å². The van der Waals surface area contributed by atoms with Crippen molar-refractivity contribution >= 4 is 17.9 Å². The summed E-state index contributed by atoms with van der Waals surface area (Å²) in [4.78, 5) is 16.5. The van der Waals surface area contributed by atoms with Gasteiger partial charge in [0.05, 0.1) is 7.11 Å². The molecule has 1 aliphatic rings. The third-order valence-electron chi connectivity index (χ3n) is 4.37. The lowest BCUT2D eigenvalue weighted by Gasteiger charge is -2.11. The Hall–Kier alpha value is -3.86. The molecule has 5 nitrogen and oxygen atoms in total. The summed E-state index contributed by atoms with van der Waals surface area (Å²) >= 11 is 0. The van der Waals surface area contributed by atoms with E-state index < -0.39 is 5.97 Å². The molecule has 1 aliphatic heterocycles. The molecule has 0 saturated carbocycles. The van der Waals surface area contributed by atoms with Crippen LogP contribution in [0.2, 0.25) is 0 Å². The second kappa shape index (κ2) is 8.44. The van der Waals surface area contributed by atoms with Gasteiger partial charge in [-0.3, -0.25) is 0 Å². The number of nitrogens with zero attached hydrogens (tertiary/aromatic N) is 1. The van der Waals surface area contributed by atoms with Gasteiger partial charge in [-0.1, -0.05) is 54.6 Å². The third kappa shape index (κ3) is 4.35. The van der Waals surface area contributed by atoms with Crippen molar-refractivity contribution in [2.45, 2.75) is 6.61 Å². The van der Waals surface area contributed by atoms with Crippen LogP contribution in [0, 0.1) is 0 Å². The van der Waals surface area contributed by atoms with Gasteiger partial charge in [0.1, 0.15) is 6.61 Å². The largest absolute Gasteiger partial charge is 0.493 e. The second-order valence-electron chi connectivity index (χ2n) is 6.39. The van der Waals surface area contributed by atoms with E-state index in [0.29, 0.717) is 24.0 Å². The standard InChI is InChI=1S/C24H19NO4/c1-27-22-15-18(12-13-21(22)28-16-17-8-4-2-5-9-17)14-20-24(26)29-23(25-20)19-10-6-3-7-11-19/h2-15H,16H2,1H3/b20-14-. The zero-order valence-corrected chi connectivity index (χ0v) is 15.9. The predicted molar refractivity (Wildman–Crippen MR) is 111 cm³/mol. The molecule has 0 radical (unpaired) electrons. The second-order valence-corrected chi connectivity index (χ2v) is 6.39. The Kier molecular flexibility index (Phi) is 5.38. The van der Waals surface area contributed by atoms with Crippen LogP contribution in [0.15, 0.2) is 89.6 Å². The van der Waals surface area contributed by atoms with Crippen molar-refractivity contribution in [3.8, 4) is 11.5 Å². The summed E-state index contributed by atoms with van der Waals surface area (Å²) in [6, 6.07) is 24.7. The van der Waals surface area contributed by atoms with Crippen LogP contribution >= 0.6 is 0 Å². The molecule has 0 aromatic heterocycles. The fraction of sp³-hybridized carbons (Fsp3) is 0.0833. The van der Waals surface area contributed by atoms with Gasteiger partial charge in [-0.15, -0.1) is 0 Å². The first kappa shape index (κ1) is 18.5. The molecule has 0 saturated heterocycles. The first-order chi connectivity index (χ1) is 14.2. The van der Waals surface area contributed by atoms with E-state index in [1.54, 1.807) is 19.3 Å². The van der Waals surface area contributed by atoms with Crippen molar-refractivity contribution in [2.75, 3.05) is 7.11 Å². The van der Waals surface area contributed by atoms with Crippen LogP contribution in [0.4, 0.5) is 0 Å². The normalized spacial score (nSPS) is 14.4. The lowest BCUT2D eigenvalue weighted by molar-refractivity contribution is -0.129. The summed E-state index contributed by atoms with van der Waals surface area (Å²) in [5.74, 6) is 1.03. The molecule has 5 heteroatoms. The Morgan fingerprint density at radius 1 is 0.931 bits per heavy atom. The number of cyclic esters (lactones) is 1. The Bertz CT molecular complexity index is 1070. The van der Waals surface area contributed by atoms with Gasteiger partial charge in [0, 0.05) is 5.56 Å². The Morgan fingerprint density at radius 2 is 1.66 bits per heavy atom. The van der Waals surface area contributed by atoms with Crippen molar-refractivity contribution in [1.82, 2.24) is 0 Å². The predicted octanol–water partition coefficient (Wildman–Crippen LogP) is 4.62. The zero-order valence-electron chi connectivity index (χ0n) is 15.9. The van der Waals surface area contributed by atoms with Gasteiger partial charge in [0.15, 0.2) is 17.2 Å². The summed E-state index contributed by atoms with van der Waals surface area (Å²) in [6.07, 6.45) is 1.67. The van der Waals surface area contributed by atoms with E-state index in [1.165, 1.54) is 0 Å². The van der Waals surface area contributed by atoms with Gasteiger partial charge in [0.2, 0.25) is 5.90 Å². The average Bonchev–Trinajstić information content (AvgIpc) is 3.14. The molecule has 0 aliphatic carbocycles. The number of aliphatic imine (C=N–C) groups is 1. The van der Waals surface area contributed by atoms with Crippen molar-refractivity contribution in [3.63, 3.8) is 0 Å². The molecule has 0 fully saturated rings. The van der Waals surface area contributed by atoms with Gasteiger partial charge in [-0.2, -0.15) is 0 Å². The van der Waals surface area contributed by atoms with Crippen molar-refractivity contribution < 1.29 is 19.0 Å². The lowest BCUT2D eigenvalue weighted by Crippen LogP contribution is -2.04. The fourth-order valence-corrected chi connectivity index (χ4v) is 2.90. The highest BCUT2D eigenvalue weighted by Gasteiger charge is 2.24. The minimum absolute atomic E-state index is 0.240. The molecule has 29 heavy (non-hydrogen) atoms. The number of methoxy groups -OCH3 is 1. The molecular weight excluding hydrogens is 366 g/mol. The number of carbonyl (C=O) groups is 1. The minimum Gasteiger partial charge on any atom is -0.493 e. The molecule has 0 amide bonds. The molecule has 144 valence electrons. The zero-order chi connectivity index (χ0) is 20.1.